The molecule has 0 bridgehead atoms. The number of rotatable bonds is 4. The summed E-state index contributed by atoms with van der Waals surface area (Å²) in [6.07, 6.45) is 3.03. The van der Waals surface area contributed by atoms with Gasteiger partial charge in [-0.15, -0.1) is 10.2 Å². The van der Waals surface area contributed by atoms with Crippen LogP contribution in [0.4, 0.5) is 0 Å². The minimum absolute atomic E-state index is 0.113. The van der Waals surface area contributed by atoms with E-state index < -0.39 is 0 Å². The normalized spacial score (nSPS) is 21.4. The highest BCUT2D eigenvalue weighted by atomic mass is 79.9. The molecule has 2 saturated heterocycles. The summed E-state index contributed by atoms with van der Waals surface area (Å²) in [6.45, 7) is 3.97. The van der Waals surface area contributed by atoms with Gasteiger partial charge < -0.3 is 14.1 Å². The van der Waals surface area contributed by atoms with Crippen LogP contribution in [0.3, 0.4) is 0 Å². The second-order valence-corrected chi connectivity index (χ2v) is 7.85. The van der Waals surface area contributed by atoms with Crippen molar-refractivity contribution in [3.8, 4) is 11.5 Å². The minimum Gasteiger partial charge on any atom is -0.419 e. The molecule has 0 spiro atoms. The number of carbonyl (C=O) groups is 1. The highest BCUT2D eigenvalue weighted by molar-refractivity contribution is 9.10. The quantitative estimate of drug-likeness (QED) is 0.736. The SMILES string of the molecule is O=C(C1CCCCN1Cc1nnc(-c2cccc(Br)c2)o1)N1CCOCC1. The third-order valence-corrected chi connectivity index (χ3v) is 5.59. The Bertz CT molecular complexity index is 791. The third kappa shape index (κ3) is 4.39. The molecule has 0 aliphatic carbocycles. The van der Waals surface area contributed by atoms with Crippen LogP contribution < -0.4 is 0 Å². The van der Waals surface area contributed by atoms with Crippen molar-refractivity contribution in [3.63, 3.8) is 0 Å². The van der Waals surface area contributed by atoms with Gasteiger partial charge >= 0.3 is 0 Å². The molecule has 8 heteroatoms. The first kappa shape index (κ1) is 18.6. The van der Waals surface area contributed by atoms with E-state index in [1.165, 1.54) is 0 Å². The van der Waals surface area contributed by atoms with Gasteiger partial charge in [0.15, 0.2) is 0 Å². The topological polar surface area (TPSA) is 71.7 Å². The maximum absolute atomic E-state index is 13.0. The fourth-order valence-corrected chi connectivity index (χ4v) is 4.08. The Morgan fingerprint density at radius 1 is 1.19 bits per heavy atom. The number of nitrogens with zero attached hydrogens (tertiary/aromatic N) is 4. The van der Waals surface area contributed by atoms with Gasteiger partial charge in [-0.25, -0.2) is 0 Å². The van der Waals surface area contributed by atoms with Gasteiger partial charge in [-0.05, 0) is 37.6 Å². The lowest BCUT2D eigenvalue weighted by Gasteiger charge is -2.38. The average Bonchev–Trinajstić information content (AvgIpc) is 3.17. The van der Waals surface area contributed by atoms with E-state index in [0.717, 1.165) is 35.8 Å². The molecule has 1 aromatic carbocycles. The fourth-order valence-electron chi connectivity index (χ4n) is 3.68. The second-order valence-electron chi connectivity index (χ2n) is 6.93. The smallest absolute Gasteiger partial charge is 0.247 e. The van der Waals surface area contributed by atoms with Crippen molar-refractivity contribution in [1.82, 2.24) is 20.0 Å². The highest BCUT2D eigenvalue weighted by Gasteiger charge is 2.33. The molecule has 1 atom stereocenters. The number of benzene rings is 1. The van der Waals surface area contributed by atoms with Gasteiger partial charge in [0.2, 0.25) is 17.7 Å². The zero-order valence-electron chi connectivity index (χ0n) is 15.1. The van der Waals surface area contributed by atoms with Crippen molar-refractivity contribution in [2.75, 3.05) is 32.8 Å². The van der Waals surface area contributed by atoms with Crippen molar-refractivity contribution < 1.29 is 13.9 Å². The number of likely N-dealkylation sites (tertiary alicyclic amines) is 1. The number of hydrogen-bond donors (Lipinski definition) is 0. The van der Waals surface area contributed by atoms with Gasteiger partial charge in [0, 0.05) is 23.1 Å². The van der Waals surface area contributed by atoms with Gasteiger partial charge in [-0.1, -0.05) is 28.4 Å². The van der Waals surface area contributed by atoms with Crippen molar-refractivity contribution in [2.24, 2.45) is 0 Å². The maximum Gasteiger partial charge on any atom is 0.247 e. The number of carbonyl (C=O) groups excluding carboxylic acids is 1. The van der Waals surface area contributed by atoms with Crippen LogP contribution in [0, 0.1) is 0 Å². The number of amides is 1. The molecular formula is C19H23BrN4O3. The first-order valence-corrected chi connectivity index (χ1v) is 10.2. The molecular weight excluding hydrogens is 412 g/mol. The lowest BCUT2D eigenvalue weighted by molar-refractivity contribution is -0.142. The number of ether oxygens (including phenoxy) is 1. The Hall–Kier alpha value is -1.77. The molecule has 2 aliphatic rings. The van der Waals surface area contributed by atoms with Crippen LogP contribution in [-0.4, -0.2) is 64.8 Å². The molecule has 27 heavy (non-hydrogen) atoms. The molecule has 3 heterocycles. The lowest BCUT2D eigenvalue weighted by Crippen LogP contribution is -2.53. The van der Waals surface area contributed by atoms with Crippen LogP contribution in [-0.2, 0) is 16.1 Å². The predicted octanol–water partition coefficient (Wildman–Crippen LogP) is 2.71. The minimum atomic E-state index is -0.113. The Kier molecular flexibility index (Phi) is 5.85. The highest BCUT2D eigenvalue weighted by Crippen LogP contribution is 2.25. The van der Waals surface area contributed by atoms with Gasteiger partial charge in [-0.3, -0.25) is 9.69 Å². The Morgan fingerprint density at radius 2 is 2.04 bits per heavy atom. The monoisotopic (exact) mass is 434 g/mol. The van der Waals surface area contributed by atoms with Gasteiger partial charge in [0.25, 0.3) is 0 Å². The molecule has 4 rings (SSSR count). The maximum atomic E-state index is 13.0. The number of halogens is 1. The van der Waals surface area contributed by atoms with Gasteiger partial charge in [0.1, 0.15) is 0 Å². The van der Waals surface area contributed by atoms with E-state index in [-0.39, 0.29) is 11.9 Å². The lowest BCUT2D eigenvalue weighted by atomic mass is 10.0. The Labute approximate surface area is 166 Å². The standard InChI is InChI=1S/C19H23BrN4O3/c20-15-5-3-4-14(12-15)18-22-21-17(27-18)13-24-7-2-1-6-16(24)19(25)23-8-10-26-11-9-23/h3-5,12,16H,1-2,6-11,13H2. The van der Waals surface area contributed by atoms with Crippen LogP contribution in [0.1, 0.15) is 25.2 Å². The molecule has 0 saturated carbocycles. The van der Waals surface area contributed by atoms with Gasteiger partial charge in [0.05, 0.1) is 25.8 Å². The van der Waals surface area contributed by atoms with Crippen LogP contribution in [0.25, 0.3) is 11.5 Å². The van der Waals surface area contributed by atoms with Crippen LogP contribution >= 0.6 is 15.9 Å². The van der Waals surface area contributed by atoms with Gasteiger partial charge in [-0.2, -0.15) is 0 Å². The first-order valence-electron chi connectivity index (χ1n) is 9.39. The Morgan fingerprint density at radius 3 is 2.85 bits per heavy atom. The zero-order chi connectivity index (χ0) is 18.6. The zero-order valence-corrected chi connectivity index (χ0v) is 16.7. The molecule has 1 amide bonds. The second kappa shape index (κ2) is 8.50. The van der Waals surface area contributed by atoms with Crippen molar-refractivity contribution in [3.05, 3.63) is 34.6 Å². The summed E-state index contributed by atoms with van der Waals surface area (Å²) < 4.78 is 12.2. The number of hydrogen-bond acceptors (Lipinski definition) is 6. The molecule has 144 valence electrons. The molecule has 2 fully saturated rings. The molecule has 1 aromatic heterocycles. The predicted molar refractivity (Wildman–Crippen MR) is 103 cm³/mol. The molecule has 2 aromatic rings. The summed E-state index contributed by atoms with van der Waals surface area (Å²) >= 11 is 3.46. The largest absolute Gasteiger partial charge is 0.419 e. The summed E-state index contributed by atoms with van der Waals surface area (Å²) in [5.41, 5.74) is 0.878. The number of aromatic nitrogens is 2. The first-order chi connectivity index (χ1) is 13.2. The summed E-state index contributed by atoms with van der Waals surface area (Å²) in [5.74, 6) is 1.25. The summed E-state index contributed by atoms with van der Waals surface area (Å²) in [5, 5.41) is 8.38. The van der Waals surface area contributed by atoms with E-state index in [4.69, 9.17) is 9.15 Å². The van der Waals surface area contributed by atoms with Crippen LogP contribution in [0.2, 0.25) is 0 Å². The van der Waals surface area contributed by atoms with E-state index >= 15 is 0 Å². The van der Waals surface area contributed by atoms with Crippen LogP contribution in [0.5, 0.6) is 0 Å². The summed E-state index contributed by atoms with van der Waals surface area (Å²) in [4.78, 5) is 17.1. The molecule has 0 N–H and O–H groups in total. The summed E-state index contributed by atoms with van der Waals surface area (Å²) in [6, 6.07) is 7.66. The van der Waals surface area contributed by atoms with E-state index in [1.807, 2.05) is 29.2 Å². The van der Waals surface area contributed by atoms with E-state index in [2.05, 4.69) is 31.0 Å². The number of piperidine rings is 1. The average molecular weight is 435 g/mol. The number of morpholine rings is 1. The molecule has 2 aliphatic heterocycles. The van der Waals surface area contributed by atoms with E-state index in [1.54, 1.807) is 0 Å². The van der Waals surface area contributed by atoms with Crippen molar-refractivity contribution in [1.29, 1.82) is 0 Å². The molecule has 1 unspecified atom stereocenters. The molecule has 0 radical (unpaired) electrons. The summed E-state index contributed by atoms with van der Waals surface area (Å²) in [7, 11) is 0. The van der Waals surface area contributed by atoms with E-state index in [0.29, 0.717) is 44.6 Å². The Balaban J connectivity index is 1.46. The van der Waals surface area contributed by atoms with Crippen molar-refractivity contribution >= 4 is 21.8 Å². The van der Waals surface area contributed by atoms with E-state index in [9.17, 15) is 4.79 Å². The molecule has 7 nitrogen and oxygen atoms in total. The third-order valence-electron chi connectivity index (χ3n) is 5.10. The van der Waals surface area contributed by atoms with Crippen LogP contribution in [0.15, 0.2) is 33.2 Å². The fraction of sp³-hybridized carbons (Fsp3) is 0.526. The van der Waals surface area contributed by atoms with Crippen molar-refractivity contribution in [2.45, 2.75) is 31.8 Å².